The zero-order valence-electron chi connectivity index (χ0n) is 19.7. The molecule has 1 aliphatic heterocycles. The third-order valence-corrected chi connectivity index (χ3v) is 6.61. The van der Waals surface area contributed by atoms with Crippen LogP contribution in [0.1, 0.15) is 38.2 Å². The van der Waals surface area contributed by atoms with Crippen LogP contribution in [0.25, 0.3) is 0 Å². The first-order valence-electron chi connectivity index (χ1n) is 11.5. The number of anilines is 2. The first kappa shape index (κ1) is 24.3. The number of carbonyl (C=O) groups excluding carboxylic acids is 2. The molecule has 9 heteroatoms. The summed E-state index contributed by atoms with van der Waals surface area (Å²) in [6.07, 6.45) is 1.82. The van der Waals surface area contributed by atoms with Gasteiger partial charge in [-0.25, -0.2) is 4.79 Å². The van der Waals surface area contributed by atoms with Gasteiger partial charge in [-0.15, -0.1) is 0 Å². The molecular weight excluding hydrogens is 456 g/mol. The van der Waals surface area contributed by atoms with Crippen molar-refractivity contribution < 1.29 is 19.1 Å². The van der Waals surface area contributed by atoms with Crippen LogP contribution in [0.15, 0.2) is 36.4 Å². The molecule has 0 bridgehead atoms. The van der Waals surface area contributed by atoms with Crippen molar-refractivity contribution in [2.24, 2.45) is 5.73 Å². The van der Waals surface area contributed by atoms with E-state index in [-0.39, 0.29) is 35.2 Å². The number of carbonyl (C=O) groups is 2. The van der Waals surface area contributed by atoms with E-state index in [9.17, 15) is 9.59 Å². The number of nitrogens with zero attached hydrogens (tertiary/aromatic N) is 2. The van der Waals surface area contributed by atoms with Gasteiger partial charge in [0.25, 0.3) is 0 Å². The standard InChI is InChI=1S/C25H31ClN4O4/c1-15-14-29(25(32)34-24-9-7-20(33-3)11-21(24)26)23-10-17(4-8-22(23)30(15)16(2)31)18(12-27)13-28-19-5-6-19/h4,7-11,15,18-19,28H,5-6,12-14,27H2,1-3H3/t15-,18?/m0/s1. The predicted octanol–water partition coefficient (Wildman–Crippen LogP) is 3.90. The van der Waals surface area contributed by atoms with E-state index in [0.717, 1.165) is 12.1 Å². The van der Waals surface area contributed by atoms with Gasteiger partial charge < -0.3 is 25.4 Å². The molecule has 34 heavy (non-hydrogen) atoms. The second-order valence-corrected chi connectivity index (χ2v) is 9.28. The lowest BCUT2D eigenvalue weighted by atomic mass is 9.96. The molecule has 182 valence electrons. The number of methoxy groups -OCH3 is 1. The fraction of sp³-hybridized carbons (Fsp3) is 0.440. The quantitative estimate of drug-likeness (QED) is 0.616. The summed E-state index contributed by atoms with van der Waals surface area (Å²) < 4.78 is 10.8. The lowest BCUT2D eigenvalue weighted by Gasteiger charge is -2.40. The molecule has 0 radical (unpaired) electrons. The Balaban J connectivity index is 1.65. The minimum atomic E-state index is -0.569. The summed E-state index contributed by atoms with van der Waals surface area (Å²) in [5.74, 6) is 0.805. The van der Waals surface area contributed by atoms with E-state index < -0.39 is 6.09 Å². The second kappa shape index (κ2) is 10.2. The van der Waals surface area contributed by atoms with Gasteiger partial charge in [-0.1, -0.05) is 17.7 Å². The summed E-state index contributed by atoms with van der Waals surface area (Å²) in [5, 5.41) is 3.80. The number of ether oxygens (including phenoxy) is 2. The van der Waals surface area contributed by atoms with Gasteiger partial charge in [0.05, 0.1) is 29.5 Å². The Kier molecular flexibility index (Phi) is 7.30. The van der Waals surface area contributed by atoms with E-state index in [0.29, 0.717) is 29.7 Å². The van der Waals surface area contributed by atoms with Crippen LogP contribution in [0.5, 0.6) is 11.5 Å². The van der Waals surface area contributed by atoms with Crippen molar-refractivity contribution in [2.75, 3.05) is 36.5 Å². The van der Waals surface area contributed by atoms with Gasteiger partial charge in [-0.2, -0.15) is 0 Å². The fourth-order valence-electron chi connectivity index (χ4n) is 4.32. The van der Waals surface area contributed by atoms with Crippen molar-refractivity contribution in [3.63, 3.8) is 0 Å². The van der Waals surface area contributed by atoms with E-state index in [1.807, 2.05) is 25.1 Å². The summed E-state index contributed by atoms with van der Waals surface area (Å²) in [4.78, 5) is 29.0. The summed E-state index contributed by atoms with van der Waals surface area (Å²) in [6, 6.07) is 11.0. The lowest BCUT2D eigenvalue weighted by molar-refractivity contribution is -0.117. The van der Waals surface area contributed by atoms with E-state index in [1.165, 1.54) is 26.9 Å². The third kappa shape index (κ3) is 5.14. The van der Waals surface area contributed by atoms with Gasteiger partial charge in [-0.3, -0.25) is 9.69 Å². The Morgan fingerprint density at radius 2 is 1.97 bits per heavy atom. The highest BCUT2D eigenvalue weighted by molar-refractivity contribution is 6.32. The summed E-state index contributed by atoms with van der Waals surface area (Å²) >= 11 is 6.29. The predicted molar refractivity (Wildman–Crippen MR) is 133 cm³/mol. The fourth-order valence-corrected chi connectivity index (χ4v) is 4.53. The highest BCUT2D eigenvalue weighted by atomic mass is 35.5. The molecule has 0 saturated heterocycles. The molecule has 2 atom stereocenters. The van der Waals surface area contributed by atoms with E-state index in [4.69, 9.17) is 26.8 Å². The molecule has 1 aliphatic carbocycles. The van der Waals surface area contributed by atoms with Gasteiger partial charge in [0, 0.05) is 44.6 Å². The first-order chi connectivity index (χ1) is 16.3. The number of benzene rings is 2. The van der Waals surface area contributed by atoms with Crippen molar-refractivity contribution in [1.29, 1.82) is 0 Å². The van der Waals surface area contributed by atoms with Crippen LogP contribution < -0.4 is 30.3 Å². The van der Waals surface area contributed by atoms with Crippen molar-refractivity contribution in [3.8, 4) is 11.5 Å². The van der Waals surface area contributed by atoms with Gasteiger partial charge in [0.2, 0.25) is 5.91 Å². The van der Waals surface area contributed by atoms with Crippen molar-refractivity contribution in [3.05, 3.63) is 47.0 Å². The Bertz CT molecular complexity index is 1070. The molecule has 8 nitrogen and oxygen atoms in total. The Labute approximate surface area is 204 Å². The molecule has 1 unspecified atom stereocenters. The number of rotatable bonds is 7. The maximum Gasteiger partial charge on any atom is 0.419 e. The van der Waals surface area contributed by atoms with E-state index in [1.54, 1.807) is 28.0 Å². The van der Waals surface area contributed by atoms with Crippen molar-refractivity contribution in [1.82, 2.24) is 5.32 Å². The molecule has 0 aromatic heterocycles. The normalized spacial score (nSPS) is 18.3. The SMILES string of the molecule is COc1ccc(OC(=O)N2C[C@H](C)N(C(C)=O)c3ccc(C(CN)CNC4CC4)cc32)c(Cl)c1. The summed E-state index contributed by atoms with van der Waals surface area (Å²) in [6.45, 7) is 4.95. The Morgan fingerprint density at radius 1 is 1.21 bits per heavy atom. The molecule has 0 spiro atoms. The molecule has 2 aliphatic rings. The smallest absolute Gasteiger partial charge is 0.419 e. The average molecular weight is 487 g/mol. The maximum atomic E-state index is 13.3. The number of fused-ring (bicyclic) bond motifs is 1. The first-order valence-corrected chi connectivity index (χ1v) is 11.9. The molecule has 2 aromatic rings. The lowest BCUT2D eigenvalue weighted by Crippen LogP contribution is -2.52. The van der Waals surface area contributed by atoms with E-state index >= 15 is 0 Å². The summed E-state index contributed by atoms with van der Waals surface area (Å²) in [5.41, 5.74) is 8.38. The average Bonchev–Trinajstić information content (AvgIpc) is 3.64. The van der Waals surface area contributed by atoms with Crippen molar-refractivity contribution >= 4 is 35.0 Å². The van der Waals surface area contributed by atoms with Gasteiger partial charge in [0.1, 0.15) is 5.75 Å². The molecule has 4 rings (SSSR count). The van der Waals surface area contributed by atoms with Gasteiger partial charge in [-0.05, 0) is 49.6 Å². The molecule has 1 heterocycles. The number of nitrogens with one attached hydrogen (secondary N) is 1. The zero-order valence-corrected chi connectivity index (χ0v) is 20.5. The van der Waals surface area contributed by atoms with Gasteiger partial charge in [0.15, 0.2) is 5.75 Å². The zero-order chi connectivity index (χ0) is 24.4. The largest absolute Gasteiger partial charge is 0.497 e. The number of hydrogen-bond acceptors (Lipinski definition) is 6. The molecule has 2 amide bonds. The minimum Gasteiger partial charge on any atom is -0.497 e. The van der Waals surface area contributed by atoms with Crippen LogP contribution in [-0.4, -0.2) is 50.8 Å². The van der Waals surface area contributed by atoms with Crippen LogP contribution in [0.4, 0.5) is 16.2 Å². The molecule has 3 N–H and O–H groups in total. The Morgan fingerprint density at radius 3 is 2.59 bits per heavy atom. The molecule has 2 aromatic carbocycles. The van der Waals surface area contributed by atoms with Crippen LogP contribution in [-0.2, 0) is 4.79 Å². The van der Waals surface area contributed by atoms with Gasteiger partial charge >= 0.3 is 6.09 Å². The summed E-state index contributed by atoms with van der Waals surface area (Å²) in [7, 11) is 1.54. The number of hydrogen-bond donors (Lipinski definition) is 2. The number of nitrogens with two attached hydrogens (primary N) is 1. The van der Waals surface area contributed by atoms with Crippen molar-refractivity contribution in [2.45, 2.75) is 44.7 Å². The van der Waals surface area contributed by atoms with Crippen LogP contribution in [0, 0.1) is 0 Å². The topological polar surface area (TPSA) is 97.1 Å². The minimum absolute atomic E-state index is 0.0847. The second-order valence-electron chi connectivity index (χ2n) is 8.88. The maximum absolute atomic E-state index is 13.3. The molecule has 1 fully saturated rings. The molecule has 1 saturated carbocycles. The third-order valence-electron chi connectivity index (χ3n) is 6.32. The highest BCUT2D eigenvalue weighted by Crippen LogP contribution is 2.39. The highest BCUT2D eigenvalue weighted by Gasteiger charge is 2.35. The molecular formula is C25H31ClN4O4. The van der Waals surface area contributed by atoms with Crippen LogP contribution >= 0.6 is 11.6 Å². The number of amides is 2. The van der Waals surface area contributed by atoms with Crippen LogP contribution in [0.3, 0.4) is 0 Å². The Hall–Kier alpha value is -2.81. The number of halogens is 1. The monoisotopic (exact) mass is 486 g/mol. The van der Waals surface area contributed by atoms with Crippen LogP contribution in [0.2, 0.25) is 5.02 Å². The van der Waals surface area contributed by atoms with E-state index in [2.05, 4.69) is 5.32 Å².